The maximum Gasteiger partial charge on any atom is 0.126 e. The van der Waals surface area contributed by atoms with E-state index in [1.165, 1.54) is 6.07 Å². The van der Waals surface area contributed by atoms with Crippen molar-refractivity contribution in [1.82, 2.24) is 5.06 Å². The molecule has 1 aromatic carbocycles. The van der Waals surface area contributed by atoms with Gasteiger partial charge in [0.25, 0.3) is 0 Å². The highest BCUT2D eigenvalue weighted by molar-refractivity contribution is 5.17. The molecule has 0 atom stereocenters. The Bertz CT molecular complexity index is 250. The van der Waals surface area contributed by atoms with Crippen molar-refractivity contribution in [3.05, 3.63) is 35.6 Å². The normalized spacial score (nSPS) is 10.7. The summed E-state index contributed by atoms with van der Waals surface area (Å²) in [7, 11) is 1.54. The van der Waals surface area contributed by atoms with Crippen molar-refractivity contribution in [2.24, 2.45) is 0 Å². The van der Waals surface area contributed by atoms with Crippen molar-refractivity contribution in [3.8, 4) is 0 Å². The zero-order valence-electron chi connectivity index (χ0n) is 7.00. The minimum absolute atomic E-state index is 0.209. The minimum Gasteiger partial charge on any atom is -0.314 e. The van der Waals surface area contributed by atoms with E-state index in [9.17, 15) is 4.39 Å². The second-order valence-electron chi connectivity index (χ2n) is 2.72. The fraction of sp³-hybridized carbons (Fsp3) is 0.333. The standard InChI is InChI=1S/C9H12FNO/c1-11(12)7-6-8-4-2-3-5-9(8)10/h2-5,12H,6-7H2,1H3. The van der Waals surface area contributed by atoms with Gasteiger partial charge in [-0.3, -0.25) is 0 Å². The van der Waals surface area contributed by atoms with Crippen LogP contribution in [0, 0.1) is 5.82 Å². The Morgan fingerprint density at radius 3 is 2.67 bits per heavy atom. The Morgan fingerprint density at radius 2 is 2.08 bits per heavy atom. The van der Waals surface area contributed by atoms with Crippen LogP contribution in [0.4, 0.5) is 4.39 Å². The molecule has 12 heavy (non-hydrogen) atoms. The molecule has 3 heteroatoms. The van der Waals surface area contributed by atoms with Crippen LogP contribution in [-0.2, 0) is 6.42 Å². The van der Waals surface area contributed by atoms with Crippen molar-refractivity contribution in [2.75, 3.05) is 13.6 Å². The SMILES string of the molecule is CN(O)CCc1ccccc1F. The van der Waals surface area contributed by atoms with Crippen molar-refractivity contribution in [1.29, 1.82) is 0 Å². The van der Waals surface area contributed by atoms with E-state index in [-0.39, 0.29) is 5.82 Å². The Kier molecular flexibility index (Phi) is 3.19. The molecule has 0 amide bonds. The molecule has 0 saturated heterocycles. The van der Waals surface area contributed by atoms with E-state index in [2.05, 4.69) is 0 Å². The zero-order chi connectivity index (χ0) is 8.97. The third-order valence-corrected chi connectivity index (χ3v) is 1.66. The molecule has 0 fully saturated rings. The number of halogens is 1. The second-order valence-corrected chi connectivity index (χ2v) is 2.72. The van der Waals surface area contributed by atoms with E-state index >= 15 is 0 Å². The van der Waals surface area contributed by atoms with Crippen LogP contribution in [0.1, 0.15) is 5.56 Å². The van der Waals surface area contributed by atoms with Gasteiger partial charge in [-0.1, -0.05) is 18.2 Å². The van der Waals surface area contributed by atoms with Gasteiger partial charge in [-0.05, 0) is 18.1 Å². The van der Waals surface area contributed by atoms with Crippen LogP contribution >= 0.6 is 0 Å². The molecule has 0 aliphatic heterocycles. The summed E-state index contributed by atoms with van der Waals surface area (Å²) in [6, 6.07) is 6.59. The lowest BCUT2D eigenvalue weighted by atomic mass is 10.1. The van der Waals surface area contributed by atoms with Gasteiger partial charge in [0.1, 0.15) is 5.82 Å². The number of hydrogen-bond acceptors (Lipinski definition) is 2. The first-order valence-corrected chi connectivity index (χ1v) is 3.83. The van der Waals surface area contributed by atoms with Gasteiger partial charge >= 0.3 is 0 Å². The van der Waals surface area contributed by atoms with Crippen molar-refractivity contribution in [2.45, 2.75) is 6.42 Å². The Balaban J connectivity index is 2.57. The third-order valence-electron chi connectivity index (χ3n) is 1.66. The summed E-state index contributed by atoms with van der Waals surface area (Å²) >= 11 is 0. The fourth-order valence-electron chi connectivity index (χ4n) is 0.983. The van der Waals surface area contributed by atoms with Crippen molar-refractivity contribution in [3.63, 3.8) is 0 Å². The molecule has 66 valence electrons. The number of hydrogen-bond donors (Lipinski definition) is 1. The molecule has 1 aromatic rings. The number of benzene rings is 1. The monoisotopic (exact) mass is 169 g/mol. The average Bonchev–Trinajstić information content (AvgIpc) is 2.03. The summed E-state index contributed by atoms with van der Waals surface area (Å²) in [6.07, 6.45) is 0.527. The topological polar surface area (TPSA) is 23.5 Å². The predicted octanol–water partition coefficient (Wildman–Crippen LogP) is 1.69. The van der Waals surface area contributed by atoms with E-state index in [1.807, 2.05) is 0 Å². The lowest BCUT2D eigenvalue weighted by molar-refractivity contribution is -0.0635. The molecule has 0 unspecified atom stereocenters. The molecule has 0 aliphatic rings. The van der Waals surface area contributed by atoms with E-state index in [0.29, 0.717) is 18.5 Å². The summed E-state index contributed by atoms with van der Waals surface area (Å²) in [5, 5.41) is 9.86. The number of likely N-dealkylation sites (N-methyl/N-ethyl adjacent to an activating group) is 1. The van der Waals surface area contributed by atoms with Crippen LogP contribution in [0.25, 0.3) is 0 Å². The molecule has 0 heterocycles. The van der Waals surface area contributed by atoms with Crippen LogP contribution in [0.2, 0.25) is 0 Å². The molecule has 0 saturated carbocycles. The summed E-state index contributed by atoms with van der Waals surface area (Å²) < 4.78 is 12.9. The maximum atomic E-state index is 12.9. The van der Waals surface area contributed by atoms with E-state index in [1.54, 1.807) is 25.2 Å². The number of nitrogens with zero attached hydrogens (tertiary/aromatic N) is 1. The van der Waals surface area contributed by atoms with Crippen LogP contribution in [0.15, 0.2) is 24.3 Å². The highest BCUT2D eigenvalue weighted by Gasteiger charge is 2.00. The largest absolute Gasteiger partial charge is 0.314 e. The lowest BCUT2D eigenvalue weighted by Crippen LogP contribution is -2.16. The molecule has 0 bridgehead atoms. The summed E-state index contributed by atoms with van der Waals surface area (Å²) in [4.78, 5) is 0. The molecule has 0 radical (unpaired) electrons. The Hall–Kier alpha value is -0.930. The van der Waals surface area contributed by atoms with Gasteiger partial charge in [-0.2, -0.15) is 5.06 Å². The maximum absolute atomic E-state index is 12.9. The van der Waals surface area contributed by atoms with Gasteiger partial charge in [0.2, 0.25) is 0 Å². The van der Waals surface area contributed by atoms with Gasteiger partial charge in [0.15, 0.2) is 0 Å². The van der Waals surface area contributed by atoms with E-state index in [4.69, 9.17) is 5.21 Å². The van der Waals surface area contributed by atoms with Gasteiger partial charge in [-0.25, -0.2) is 4.39 Å². The Morgan fingerprint density at radius 1 is 1.42 bits per heavy atom. The first-order valence-electron chi connectivity index (χ1n) is 3.83. The minimum atomic E-state index is -0.209. The average molecular weight is 169 g/mol. The molecule has 0 aliphatic carbocycles. The predicted molar refractivity (Wildman–Crippen MR) is 44.5 cm³/mol. The number of rotatable bonds is 3. The summed E-state index contributed by atoms with van der Waals surface area (Å²) in [5.74, 6) is -0.209. The molecular weight excluding hydrogens is 157 g/mol. The Labute approximate surface area is 71.2 Å². The van der Waals surface area contributed by atoms with Gasteiger partial charge in [0, 0.05) is 13.6 Å². The molecule has 2 nitrogen and oxygen atoms in total. The highest BCUT2D eigenvalue weighted by atomic mass is 19.1. The molecule has 1 rings (SSSR count). The van der Waals surface area contributed by atoms with E-state index in [0.717, 1.165) is 5.06 Å². The smallest absolute Gasteiger partial charge is 0.126 e. The van der Waals surface area contributed by atoms with Gasteiger partial charge in [0.05, 0.1) is 0 Å². The highest BCUT2D eigenvalue weighted by Crippen LogP contribution is 2.06. The molecule has 1 N–H and O–H groups in total. The summed E-state index contributed by atoms with van der Waals surface area (Å²) in [5.41, 5.74) is 0.637. The van der Waals surface area contributed by atoms with E-state index < -0.39 is 0 Å². The summed E-state index contributed by atoms with van der Waals surface area (Å²) in [6.45, 7) is 0.445. The molecule has 0 spiro atoms. The molecular formula is C9H12FNO. The van der Waals surface area contributed by atoms with Crippen LogP contribution in [0.3, 0.4) is 0 Å². The number of hydroxylamine groups is 2. The second kappa shape index (κ2) is 4.18. The fourth-order valence-corrected chi connectivity index (χ4v) is 0.983. The lowest BCUT2D eigenvalue weighted by Gasteiger charge is -2.07. The van der Waals surface area contributed by atoms with Crippen molar-refractivity contribution < 1.29 is 9.60 Å². The van der Waals surface area contributed by atoms with Crippen LogP contribution < -0.4 is 0 Å². The van der Waals surface area contributed by atoms with Crippen molar-refractivity contribution >= 4 is 0 Å². The quantitative estimate of drug-likeness (QED) is 0.696. The molecule has 0 aromatic heterocycles. The first-order chi connectivity index (χ1) is 5.70. The van der Waals surface area contributed by atoms with Crippen LogP contribution in [0.5, 0.6) is 0 Å². The zero-order valence-corrected chi connectivity index (χ0v) is 7.00. The third kappa shape index (κ3) is 2.60. The van der Waals surface area contributed by atoms with Gasteiger partial charge < -0.3 is 5.21 Å². The van der Waals surface area contributed by atoms with Crippen LogP contribution in [-0.4, -0.2) is 23.9 Å². The first kappa shape index (κ1) is 9.16. The van der Waals surface area contributed by atoms with Gasteiger partial charge in [-0.15, -0.1) is 0 Å².